The van der Waals surface area contributed by atoms with Crippen LogP contribution in [0.15, 0.2) is 34.9 Å². The van der Waals surface area contributed by atoms with Crippen molar-refractivity contribution < 1.29 is 14.3 Å². The lowest BCUT2D eigenvalue weighted by atomic mass is 10.1. The summed E-state index contributed by atoms with van der Waals surface area (Å²) in [5.41, 5.74) is 1.77. The van der Waals surface area contributed by atoms with Gasteiger partial charge in [0, 0.05) is 17.7 Å². The zero-order valence-corrected chi connectivity index (χ0v) is 10.4. The van der Waals surface area contributed by atoms with Crippen LogP contribution in [0.5, 0.6) is 5.75 Å². The molecule has 4 nitrogen and oxygen atoms in total. The third kappa shape index (κ3) is 2.22. The molecule has 0 aliphatic carbocycles. The molecular weight excluding hydrogens is 230 g/mol. The molecule has 0 bridgehead atoms. The van der Waals surface area contributed by atoms with Crippen LogP contribution in [0.3, 0.4) is 0 Å². The number of phenolic OH excluding ortho intramolecular Hbond substituents is 1. The highest BCUT2D eigenvalue weighted by atomic mass is 16.3. The van der Waals surface area contributed by atoms with Crippen LogP contribution >= 0.6 is 0 Å². The van der Waals surface area contributed by atoms with Crippen molar-refractivity contribution in [3.05, 3.63) is 47.4 Å². The molecule has 1 amide bonds. The van der Waals surface area contributed by atoms with Crippen LogP contribution < -0.4 is 5.32 Å². The fourth-order valence-corrected chi connectivity index (χ4v) is 1.77. The van der Waals surface area contributed by atoms with Gasteiger partial charge in [0.2, 0.25) is 0 Å². The fraction of sp³-hybridized carbons (Fsp3) is 0.214. The average molecular weight is 245 g/mol. The number of aromatic hydroxyl groups is 1. The van der Waals surface area contributed by atoms with Crippen molar-refractivity contribution in [3.8, 4) is 5.75 Å². The van der Waals surface area contributed by atoms with Crippen LogP contribution in [0.4, 0.5) is 5.69 Å². The summed E-state index contributed by atoms with van der Waals surface area (Å²) in [4.78, 5) is 12.1. The minimum Gasteiger partial charge on any atom is -0.508 e. The first-order valence-electron chi connectivity index (χ1n) is 5.79. The van der Waals surface area contributed by atoms with Crippen molar-refractivity contribution in [2.75, 3.05) is 5.32 Å². The van der Waals surface area contributed by atoms with Crippen LogP contribution in [-0.4, -0.2) is 11.0 Å². The smallest absolute Gasteiger partial charge is 0.259 e. The lowest BCUT2D eigenvalue weighted by Crippen LogP contribution is -2.13. The number of aryl methyl sites for hydroxylation is 1. The number of carbonyl (C=O) groups is 1. The minimum atomic E-state index is -0.228. The van der Waals surface area contributed by atoms with Crippen LogP contribution in [0, 0.1) is 6.92 Å². The molecule has 0 atom stereocenters. The molecule has 0 saturated carbocycles. The zero-order chi connectivity index (χ0) is 13.1. The number of furan rings is 1. The molecular formula is C14H15NO3. The van der Waals surface area contributed by atoms with E-state index in [2.05, 4.69) is 5.32 Å². The van der Waals surface area contributed by atoms with Gasteiger partial charge >= 0.3 is 0 Å². The third-order valence-corrected chi connectivity index (χ3v) is 2.86. The Hall–Kier alpha value is -2.23. The molecule has 2 aromatic rings. The first-order chi connectivity index (χ1) is 8.63. The molecule has 1 heterocycles. The summed E-state index contributed by atoms with van der Waals surface area (Å²) in [6, 6.07) is 6.67. The maximum absolute atomic E-state index is 12.1. The number of phenols is 1. The maximum Gasteiger partial charge on any atom is 0.259 e. The first-order valence-corrected chi connectivity index (χ1v) is 5.79. The SMILES string of the molecule is CCc1occc1C(=O)Nc1cccc(O)c1C. The highest BCUT2D eigenvalue weighted by Crippen LogP contribution is 2.24. The summed E-state index contributed by atoms with van der Waals surface area (Å²) in [6.45, 7) is 3.68. The van der Waals surface area contributed by atoms with Crippen molar-refractivity contribution in [2.45, 2.75) is 20.3 Å². The number of anilines is 1. The predicted molar refractivity (Wildman–Crippen MR) is 68.9 cm³/mol. The van der Waals surface area contributed by atoms with Crippen molar-refractivity contribution >= 4 is 11.6 Å². The molecule has 0 aliphatic heterocycles. The monoisotopic (exact) mass is 245 g/mol. The third-order valence-electron chi connectivity index (χ3n) is 2.86. The van der Waals surface area contributed by atoms with E-state index in [-0.39, 0.29) is 11.7 Å². The molecule has 0 saturated heterocycles. The second-order valence-corrected chi connectivity index (χ2v) is 4.01. The van der Waals surface area contributed by atoms with Crippen molar-refractivity contribution in [1.29, 1.82) is 0 Å². The highest BCUT2D eigenvalue weighted by molar-refractivity contribution is 6.05. The predicted octanol–water partition coefficient (Wildman–Crippen LogP) is 3.11. The van der Waals surface area contributed by atoms with Crippen LogP contribution in [0.25, 0.3) is 0 Å². The van der Waals surface area contributed by atoms with Crippen molar-refractivity contribution in [3.63, 3.8) is 0 Å². The standard InChI is InChI=1S/C14H15NO3/c1-3-13-10(7-8-18-13)14(17)15-11-5-4-6-12(16)9(11)2/h4-8,16H,3H2,1-2H3,(H,15,17). The Kier molecular flexibility index (Phi) is 3.37. The van der Waals surface area contributed by atoms with E-state index in [9.17, 15) is 9.90 Å². The number of hydrogen-bond acceptors (Lipinski definition) is 3. The van der Waals surface area contributed by atoms with E-state index < -0.39 is 0 Å². The van der Waals surface area contributed by atoms with Gasteiger partial charge in [0.05, 0.1) is 11.8 Å². The van der Waals surface area contributed by atoms with Gasteiger partial charge in [0.1, 0.15) is 11.5 Å². The molecule has 1 aromatic carbocycles. The largest absolute Gasteiger partial charge is 0.508 e. The van der Waals surface area contributed by atoms with E-state index in [4.69, 9.17) is 4.42 Å². The van der Waals surface area contributed by atoms with Gasteiger partial charge in [-0.05, 0) is 25.1 Å². The lowest BCUT2D eigenvalue weighted by molar-refractivity contribution is 0.102. The molecule has 0 fully saturated rings. The molecule has 2 N–H and O–H groups in total. The van der Waals surface area contributed by atoms with E-state index in [1.54, 1.807) is 31.2 Å². The lowest BCUT2D eigenvalue weighted by Gasteiger charge is -2.09. The second kappa shape index (κ2) is 4.96. The average Bonchev–Trinajstić information content (AvgIpc) is 2.83. The summed E-state index contributed by atoms with van der Waals surface area (Å²) in [6.07, 6.45) is 2.16. The second-order valence-electron chi connectivity index (χ2n) is 4.01. The summed E-state index contributed by atoms with van der Waals surface area (Å²) >= 11 is 0. The van der Waals surface area contributed by atoms with Gasteiger partial charge in [-0.25, -0.2) is 0 Å². The number of amides is 1. The van der Waals surface area contributed by atoms with E-state index >= 15 is 0 Å². The molecule has 0 spiro atoms. The van der Waals surface area contributed by atoms with E-state index in [1.807, 2.05) is 6.92 Å². The highest BCUT2D eigenvalue weighted by Gasteiger charge is 2.14. The Morgan fingerprint density at radius 1 is 1.39 bits per heavy atom. The molecule has 2 rings (SSSR count). The van der Waals surface area contributed by atoms with E-state index in [0.29, 0.717) is 29.0 Å². The van der Waals surface area contributed by atoms with Gasteiger partial charge in [-0.1, -0.05) is 13.0 Å². The van der Waals surface area contributed by atoms with Gasteiger partial charge < -0.3 is 14.8 Å². The van der Waals surface area contributed by atoms with Crippen molar-refractivity contribution in [1.82, 2.24) is 0 Å². The van der Waals surface area contributed by atoms with Crippen LogP contribution in [0.1, 0.15) is 28.6 Å². The Bertz CT molecular complexity index is 572. The summed E-state index contributed by atoms with van der Waals surface area (Å²) in [5.74, 6) is 0.593. The number of carbonyl (C=O) groups excluding carboxylic acids is 1. The Labute approximate surface area is 105 Å². The maximum atomic E-state index is 12.1. The first kappa shape index (κ1) is 12.2. The summed E-state index contributed by atoms with van der Waals surface area (Å²) in [7, 11) is 0. The zero-order valence-electron chi connectivity index (χ0n) is 10.4. The van der Waals surface area contributed by atoms with Crippen molar-refractivity contribution in [2.24, 2.45) is 0 Å². The van der Waals surface area contributed by atoms with E-state index in [0.717, 1.165) is 0 Å². The van der Waals surface area contributed by atoms with Gasteiger partial charge in [0.15, 0.2) is 0 Å². The number of benzene rings is 1. The fourth-order valence-electron chi connectivity index (χ4n) is 1.77. The summed E-state index contributed by atoms with van der Waals surface area (Å²) < 4.78 is 5.22. The Morgan fingerprint density at radius 2 is 2.17 bits per heavy atom. The van der Waals surface area contributed by atoms with Crippen LogP contribution in [-0.2, 0) is 6.42 Å². The van der Waals surface area contributed by atoms with Gasteiger partial charge in [0.25, 0.3) is 5.91 Å². The topological polar surface area (TPSA) is 62.5 Å². The quantitative estimate of drug-likeness (QED) is 0.873. The Morgan fingerprint density at radius 3 is 2.89 bits per heavy atom. The molecule has 18 heavy (non-hydrogen) atoms. The molecule has 0 radical (unpaired) electrons. The van der Waals surface area contributed by atoms with Gasteiger partial charge in [-0.2, -0.15) is 0 Å². The minimum absolute atomic E-state index is 0.163. The Balaban J connectivity index is 2.24. The molecule has 0 aliphatic rings. The van der Waals surface area contributed by atoms with E-state index in [1.165, 1.54) is 6.26 Å². The molecule has 0 unspecified atom stereocenters. The number of nitrogens with one attached hydrogen (secondary N) is 1. The summed E-state index contributed by atoms with van der Waals surface area (Å²) in [5, 5.41) is 12.3. The van der Waals surface area contributed by atoms with Gasteiger partial charge in [-0.15, -0.1) is 0 Å². The molecule has 4 heteroatoms. The van der Waals surface area contributed by atoms with Gasteiger partial charge in [-0.3, -0.25) is 4.79 Å². The number of hydrogen-bond donors (Lipinski definition) is 2. The molecule has 94 valence electrons. The number of rotatable bonds is 3. The normalized spacial score (nSPS) is 10.3. The van der Waals surface area contributed by atoms with Crippen LogP contribution in [0.2, 0.25) is 0 Å². The molecule has 1 aromatic heterocycles.